The molecule has 3 aromatic rings. The van der Waals surface area contributed by atoms with Crippen LogP contribution in [0.25, 0.3) is 11.1 Å². The number of ether oxygens (including phenoxy) is 2. The summed E-state index contributed by atoms with van der Waals surface area (Å²) in [5, 5.41) is 5.34. The average molecular weight is 440 g/mol. The van der Waals surface area contributed by atoms with Crippen LogP contribution < -0.4 is 14.6 Å². The van der Waals surface area contributed by atoms with Crippen molar-refractivity contribution in [1.29, 1.82) is 0 Å². The van der Waals surface area contributed by atoms with Gasteiger partial charge in [-0.25, -0.2) is 17.9 Å². The number of hydrogen-bond acceptors (Lipinski definition) is 4. The van der Waals surface area contributed by atoms with Crippen LogP contribution in [0.3, 0.4) is 0 Å². The number of halogens is 1. The van der Waals surface area contributed by atoms with Gasteiger partial charge in [-0.05, 0) is 65.1 Å². The first-order chi connectivity index (χ1) is 14.8. The molecule has 0 saturated heterocycles. The van der Waals surface area contributed by atoms with Crippen molar-refractivity contribution in [2.45, 2.75) is 18.3 Å². The third kappa shape index (κ3) is 4.19. The highest BCUT2D eigenvalue weighted by molar-refractivity contribution is 7.88. The van der Waals surface area contributed by atoms with Gasteiger partial charge in [0.15, 0.2) is 0 Å². The van der Waals surface area contributed by atoms with E-state index in [1.54, 1.807) is 31.4 Å². The summed E-state index contributed by atoms with van der Waals surface area (Å²) in [6, 6.07) is 15.4. The van der Waals surface area contributed by atoms with E-state index < -0.39 is 16.1 Å². The van der Waals surface area contributed by atoms with Crippen LogP contribution in [0.15, 0.2) is 67.3 Å². The van der Waals surface area contributed by atoms with Gasteiger partial charge in [-0.3, -0.25) is 0 Å². The Bertz CT molecular complexity index is 1270. The molecule has 1 heterocycles. The summed E-state index contributed by atoms with van der Waals surface area (Å²) >= 11 is 0. The van der Waals surface area contributed by atoms with E-state index in [-0.39, 0.29) is 11.6 Å². The molecule has 0 radical (unpaired) electrons. The van der Waals surface area contributed by atoms with Crippen LogP contribution in [0, 0.1) is 5.82 Å². The lowest BCUT2D eigenvalue weighted by atomic mass is 9.85. The Balaban J connectivity index is 2.01. The number of nitrogens with two attached hydrogens (primary N) is 1. The molecule has 5 nitrogen and oxygen atoms in total. The van der Waals surface area contributed by atoms with Crippen molar-refractivity contribution < 1.29 is 22.3 Å². The smallest absolute Gasteiger partial charge is 0.213 e. The van der Waals surface area contributed by atoms with Gasteiger partial charge >= 0.3 is 0 Å². The van der Waals surface area contributed by atoms with Crippen molar-refractivity contribution in [3.8, 4) is 22.6 Å². The van der Waals surface area contributed by atoms with Crippen molar-refractivity contribution in [2.24, 2.45) is 5.14 Å². The Morgan fingerprint density at radius 1 is 1.16 bits per heavy atom. The molecule has 0 bridgehead atoms. The molecule has 0 aromatic heterocycles. The molecule has 4 rings (SSSR count). The van der Waals surface area contributed by atoms with Crippen LogP contribution in [-0.2, 0) is 22.2 Å². The fourth-order valence-corrected chi connectivity index (χ4v) is 4.69. The molecule has 0 amide bonds. The third-order valence-electron chi connectivity index (χ3n) is 5.25. The van der Waals surface area contributed by atoms with E-state index in [2.05, 4.69) is 6.58 Å². The highest BCUT2D eigenvalue weighted by atomic mass is 32.2. The van der Waals surface area contributed by atoms with Crippen LogP contribution in [0.5, 0.6) is 11.5 Å². The summed E-state index contributed by atoms with van der Waals surface area (Å²) in [5.74, 6) is 0.523. The van der Waals surface area contributed by atoms with Crippen molar-refractivity contribution in [3.63, 3.8) is 0 Å². The lowest BCUT2D eigenvalue weighted by Gasteiger charge is -2.31. The van der Waals surface area contributed by atoms with Crippen LogP contribution in [0.1, 0.15) is 28.4 Å². The van der Waals surface area contributed by atoms with Crippen LogP contribution in [0.4, 0.5) is 4.39 Å². The predicted molar refractivity (Wildman–Crippen MR) is 118 cm³/mol. The third-order valence-corrected chi connectivity index (χ3v) is 5.96. The van der Waals surface area contributed by atoms with E-state index in [0.717, 1.165) is 16.7 Å². The SMILES string of the molecule is C=CCc1cc2c(cc1CS(N)(=O)=O)C(c1cccc(F)c1)Oc1cccc(OC)c1-2. The van der Waals surface area contributed by atoms with Crippen LogP contribution in [-0.4, -0.2) is 15.5 Å². The van der Waals surface area contributed by atoms with Gasteiger partial charge in [0.2, 0.25) is 10.0 Å². The lowest BCUT2D eigenvalue weighted by Crippen LogP contribution is -2.19. The molecule has 1 unspecified atom stereocenters. The second kappa shape index (κ2) is 8.17. The number of fused-ring (bicyclic) bond motifs is 3. The number of rotatable bonds is 6. The number of benzene rings is 3. The van der Waals surface area contributed by atoms with Crippen molar-refractivity contribution >= 4 is 10.0 Å². The minimum Gasteiger partial charge on any atom is -0.496 e. The molecule has 0 spiro atoms. The van der Waals surface area contributed by atoms with Gasteiger partial charge < -0.3 is 9.47 Å². The number of methoxy groups -OCH3 is 1. The highest BCUT2D eigenvalue weighted by Crippen LogP contribution is 2.49. The Morgan fingerprint density at radius 3 is 2.61 bits per heavy atom. The molecule has 1 atom stereocenters. The minimum atomic E-state index is -3.77. The molecule has 160 valence electrons. The predicted octanol–water partition coefficient (Wildman–Crippen LogP) is 4.50. The standard InChI is InChI=1S/C24H22FNO4S/c1-3-6-15-12-19-20(13-17(15)14-31(26,27)28)24(16-7-4-8-18(25)11-16)30-22-10-5-9-21(29-2)23(19)22/h3-5,7-13,24H,1,6,14H2,2H3,(H2,26,27,28). The molecule has 1 aliphatic rings. The molecular formula is C24H22FNO4S. The zero-order valence-corrected chi connectivity index (χ0v) is 17.8. The second-order valence-corrected chi connectivity index (χ2v) is 9.01. The molecule has 7 heteroatoms. The fraction of sp³-hybridized carbons (Fsp3) is 0.167. The summed E-state index contributed by atoms with van der Waals surface area (Å²) in [6.07, 6.45) is 1.55. The van der Waals surface area contributed by atoms with Gasteiger partial charge in [0.05, 0.1) is 18.4 Å². The first-order valence-electron chi connectivity index (χ1n) is 9.67. The Kier molecular flexibility index (Phi) is 5.56. The van der Waals surface area contributed by atoms with Gasteiger partial charge in [-0.1, -0.05) is 24.3 Å². The first kappa shape index (κ1) is 21.1. The Morgan fingerprint density at radius 2 is 1.94 bits per heavy atom. The lowest BCUT2D eigenvalue weighted by molar-refractivity contribution is 0.241. The summed E-state index contributed by atoms with van der Waals surface area (Å²) in [7, 11) is -2.19. The average Bonchev–Trinajstić information content (AvgIpc) is 2.72. The van der Waals surface area contributed by atoms with Gasteiger partial charge in [0, 0.05) is 5.56 Å². The Hall–Kier alpha value is -3.16. The van der Waals surface area contributed by atoms with Crippen LogP contribution >= 0.6 is 0 Å². The molecule has 1 aliphatic heterocycles. The van der Waals surface area contributed by atoms with E-state index in [9.17, 15) is 12.8 Å². The summed E-state index contributed by atoms with van der Waals surface area (Å²) in [6.45, 7) is 3.78. The molecule has 2 N–H and O–H groups in total. The van der Waals surface area contributed by atoms with Crippen molar-refractivity contribution in [2.75, 3.05) is 7.11 Å². The molecule has 0 aliphatic carbocycles. The van der Waals surface area contributed by atoms with Gasteiger partial charge in [-0.2, -0.15) is 0 Å². The Labute approximate surface area is 181 Å². The quantitative estimate of drug-likeness (QED) is 0.574. The number of allylic oxidation sites excluding steroid dienone is 1. The van der Waals surface area contributed by atoms with E-state index in [1.165, 1.54) is 12.1 Å². The zero-order chi connectivity index (χ0) is 22.2. The molecule has 31 heavy (non-hydrogen) atoms. The molecule has 0 saturated carbocycles. The van der Waals surface area contributed by atoms with E-state index in [4.69, 9.17) is 14.6 Å². The van der Waals surface area contributed by atoms with E-state index in [0.29, 0.717) is 34.6 Å². The van der Waals surface area contributed by atoms with Crippen molar-refractivity contribution in [3.05, 3.63) is 95.3 Å². The summed E-state index contributed by atoms with van der Waals surface area (Å²) < 4.78 is 49.6. The first-order valence-corrected chi connectivity index (χ1v) is 11.4. The zero-order valence-electron chi connectivity index (χ0n) is 17.0. The monoisotopic (exact) mass is 439 g/mol. The van der Waals surface area contributed by atoms with Crippen molar-refractivity contribution in [1.82, 2.24) is 0 Å². The minimum absolute atomic E-state index is 0.321. The summed E-state index contributed by atoms with van der Waals surface area (Å²) in [4.78, 5) is 0. The topological polar surface area (TPSA) is 78.6 Å². The molecule has 0 fully saturated rings. The maximum atomic E-state index is 14.0. The van der Waals surface area contributed by atoms with Gasteiger partial charge in [0.25, 0.3) is 0 Å². The van der Waals surface area contributed by atoms with E-state index in [1.807, 2.05) is 24.3 Å². The van der Waals surface area contributed by atoms with E-state index >= 15 is 0 Å². The second-order valence-electron chi connectivity index (χ2n) is 7.39. The van der Waals surface area contributed by atoms with Gasteiger partial charge in [-0.15, -0.1) is 6.58 Å². The maximum absolute atomic E-state index is 14.0. The summed E-state index contributed by atoms with van der Waals surface area (Å²) in [5.41, 5.74) is 4.29. The maximum Gasteiger partial charge on any atom is 0.213 e. The molecule has 3 aromatic carbocycles. The van der Waals surface area contributed by atoms with Crippen LogP contribution in [0.2, 0.25) is 0 Å². The number of hydrogen-bond donors (Lipinski definition) is 1. The number of sulfonamides is 1. The largest absolute Gasteiger partial charge is 0.496 e. The molecular weight excluding hydrogens is 417 g/mol. The van der Waals surface area contributed by atoms with Gasteiger partial charge in [0.1, 0.15) is 23.4 Å². The fourth-order valence-electron chi connectivity index (χ4n) is 3.99. The normalized spacial score (nSPS) is 14.9. The highest BCUT2D eigenvalue weighted by Gasteiger charge is 2.31. The number of primary sulfonamides is 1.